The summed E-state index contributed by atoms with van der Waals surface area (Å²) in [5.74, 6) is -0.858. The summed E-state index contributed by atoms with van der Waals surface area (Å²) in [5, 5.41) is 14.0. The Labute approximate surface area is 110 Å². The van der Waals surface area contributed by atoms with Crippen LogP contribution < -0.4 is 5.01 Å². The predicted octanol–water partition coefficient (Wildman–Crippen LogP) is 0.487. The van der Waals surface area contributed by atoms with Gasteiger partial charge in [-0.25, -0.2) is 4.79 Å². The molecular weight excluding hydrogens is 248 g/mol. The van der Waals surface area contributed by atoms with Gasteiger partial charge in [0, 0.05) is 6.61 Å². The molecule has 0 unspecified atom stereocenters. The third-order valence-electron chi connectivity index (χ3n) is 2.78. The summed E-state index contributed by atoms with van der Waals surface area (Å²) in [4.78, 5) is 23.1. The van der Waals surface area contributed by atoms with E-state index >= 15 is 0 Å². The summed E-state index contributed by atoms with van der Waals surface area (Å²) >= 11 is 0. The van der Waals surface area contributed by atoms with E-state index in [0.29, 0.717) is 12.1 Å². The lowest BCUT2D eigenvalue weighted by molar-refractivity contribution is -0.133. The van der Waals surface area contributed by atoms with E-state index in [0.717, 1.165) is 5.56 Å². The Morgan fingerprint density at radius 3 is 2.68 bits per heavy atom. The fourth-order valence-electron chi connectivity index (χ4n) is 1.80. The molecule has 1 aliphatic rings. The minimum atomic E-state index is -0.590. The molecule has 1 aliphatic heterocycles. The number of hydrogen-bond acceptors (Lipinski definition) is 5. The van der Waals surface area contributed by atoms with Gasteiger partial charge in [-0.2, -0.15) is 10.1 Å². The molecule has 1 N–H and O–H groups in total. The number of nitrogens with zero attached hydrogens (tertiary/aromatic N) is 2. The number of amides is 1. The van der Waals surface area contributed by atoms with Gasteiger partial charge in [0.25, 0.3) is 5.91 Å². The Bertz CT molecular complexity index is 522. The number of hydrazone groups is 1. The SMILES string of the molecule is COC(=O)C1=NN(c2ccc(CCO)cc2)C(=O)C1. The molecule has 0 spiro atoms. The molecule has 0 fully saturated rings. The maximum absolute atomic E-state index is 11.8. The standard InChI is InChI=1S/C13H14N2O4/c1-19-13(18)11-8-12(17)15(14-11)10-4-2-9(3-5-10)6-7-16/h2-5,16H,6-8H2,1H3. The molecule has 0 radical (unpaired) electrons. The average molecular weight is 262 g/mol. The van der Waals surface area contributed by atoms with E-state index in [1.165, 1.54) is 12.1 Å². The summed E-state index contributed by atoms with van der Waals surface area (Å²) in [5.41, 5.74) is 1.66. The van der Waals surface area contributed by atoms with Gasteiger partial charge in [-0.1, -0.05) is 12.1 Å². The van der Waals surface area contributed by atoms with Gasteiger partial charge in [0.05, 0.1) is 19.2 Å². The van der Waals surface area contributed by atoms with Crippen LogP contribution in [0.15, 0.2) is 29.4 Å². The Morgan fingerprint density at radius 2 is 2.11 bits per heavy atom. The summed E-state index contributed by atoms with van der Waals surface area (Å²) in [6.07, 6.45) is 0.510. The van der Waals surface area contributed by atoms with Gasteiger partial charge in [-0.05, 0) is 24.1 Å². The number of carbonyl (C=O) groups is 2. The Kier molecular flexibility index (Phi) is 3.91. The molecule has 6 heteroatoms. The maximum atomic E-state index is 11.8. The van der Waals surface area contributed by atoms with E-state index in [1.807, 2.05) is 12.1 Å². The van der Waals surface area contributed by atoms with Crippen molar-refractivity contribution < 1.29 is 19.4 Å². The number of hydrogen-bond donors (Lipinski definition) is 1. The lowest BCUT2D eigenvalue weighted by Gasteiger charge is -2.11. The van der Waals surface area contributed by atoms with Gasteiger partial charge in [-0.3, -0.25) is 4.79 Å². The lowest BCUT2D eigenvalue weighted by atomic mass is 10.1. The largest absolute Gasteiger partial charge is 0.464 e. The Morgan fingerprint density at radius 1 is 1.42 bits per heavy atom. The van der Waals surface area contributed by atoms with Crippen LogP contribution in [-0.2, 0) is 20.7 Å². The Hall–Kier alpha value is -2.21. The smallest absolute Gasteiger partial charge is 0.354 e. The van der Waals surface area contributed by atoms with Crippen molar-refractivity contribution in [1.29, 1.82) is 0 Å². The van der Waals surface area contributed by atoms with Crippen molar-refractivity contribution in [3.63, 3.8) is 0 Å². The summed E-state index contributed by atoms with van der Waals surface area (Å²) in [7, 11) is 1.25. The van der Waals surface area contributed by atoms with Gasteiger partial charge < -0.3 is 9.84 Å². The summed E-state index contributed by atoms with van der Waals surface area (Å²) in [6, 6.07) is 7.08. The topological polar surface area (TPSA) is 79.2 Å². The minimum Gasteiger partial charge on any atom is -0.464 e. The highest BCUT2D eigenvalue weighted by molar-refractivity contribution is 6.42. The molecule has 0 atom stereocenters. The molecule has 1 heterocycles. The van der Waals surface area contributed by atoms with Crippen molar-refractivity contribution >= 4 is 23.3 Å². The van der Waals surface area contributed by atoms with Crippen LogP contribution in [0.3, 0.4) is 0 Å². The van der Waals surface area contributed by atoms with Crippen molar-refractivity contribution in [2.45, 2.75) is 12.8 Å². The number of rotatable bonds is 4. The molecule has 2 rings (SSSR count). The molecule has 0 bridgehead atoms. The maximum Gasteiger partial charge on any atom is 0.354 e. The first kappa shape index (κ1) is 13.2. The van der Waals surface area contributed by atoms with E-state index in [2.05, 4.69) is 9.84 Å². The van der Waals surface area contributed by atoms with Crippen molar-refractivity contribution in [3.05, 3.63) is 29.8 Å². The fourth-order valence-corrected chi connectivity index (χ4v) is 1.80. The molecule has 0 aromatic heterocycles. The van der Waals surface area contributed by atoms with Crippen LogP contribution in [0.4, 0.5) is 5.69 Å². The van der Waals surface area contributed by atoms with Gasteiger partial charge in [0.1, 0.15) is 0 Å². The van der Waals surface area contributed by atoms with Crippen LogP contribution in [0.5, 0.6) is 0 Å². The zero-order chi connectivity index (χ0) is 13.8. The first-order valence-corrected chi connectivity index (χ1v) is 5.84. The third-order valence-corrected chi connectivity index (χ3v) is 2.78. The average Bonchev–Trinajstić information content (AvgIpc) is 2.81. The predicted molar refractivity (Wildman–Crippen MR) is 68.8 cm³/mol. The highest BCUT2D eigenvalue weighted by atomic mass is 16.5. The molecule has 0 saturated heterocycles. The molecular formula is C13H14N2O4. The molecule has 0 aliphatic carbocycles. The van der Waals surface area contributed by atoms with Crippen molar-refractivity contribution in [3.8, 4) is 0 Å². The van der Waals surface area contributed by atoms with Crippen LogP contribution in [0.25, 0.3) is 0 Å². The summed E-state index contributed by atoms with van der Waals surface area (Å²) in [6.45, 7) is 0.0760. The van der Waals surface area contributed by atoms with Gasteiger partial charge in [0.2, 0.25) is 0 Å². The second kappa shape index (κ2) is 5.62. The highest BCUT2D eigenvalue weighted by Crippen LogP contribution is 2.21. The van der Waals surface area contributed by atoms with E-state index in [1.54, 1.807) is 12.1 Å². The zero-order valence-electron chi connectivity index (χ0n) is 10.5. The van der Waals surface area contributed by atoms with Gasteiger partial charge in [-0.15, -0.1) is 0 Å². The zero-order valence-corrected chi connectivity index (χ0v) is 10.5. The molecule has 19 heavy (non-hydrogen) atoms. The number of methoxy groups -OCH3 is 1. The Balaban J connectivity index is 2.19. The van der Waals surface area contributed by atoms with Crippen LogP contribution >= 0.6 is 0 Å². The monoisotopic (exact) mass is 262 g/mol. The van der Waals surface area contributed by atoms with Crippen LogP contribution in [0, 0.1) is 0 Å². The second-order valence-electron chi connectivity index (χ2n) is 4.06. The first-order chi connectivity index (χ1) is 9.15. The van der Waals surface area contributed by atoms with E-state index in [-0.39, 0.29) is 24.6 Å². The number of esters is 1. The van der Waals surface area contributed by atoms with Crippen LogP contribution in [0.2, 0.25) is 0 Å². The molecule has 1 amide bonds. The number of benzene rings is 1. The van der Waals surface area contributed by atoms with Crippen molar-refractivity contribution in [1.82, 2.24) is 0 Å². The van der Waals surface area contributed by atoms with Gasteiger partial charge in [0.15, 0.2) is 5.71 Å². The van der Waals surface area contributed by atoms with E-state index < -0.39 is 5.97 Å². The normalized spacial score (nSPS) is 14.5. The molecule has 100 valence electrons. The molecule has 1 aromatic carbocycles. The first-order valence-electron chi connectivity index (χ1n) is 5.84. The van der Waals surface area contributed by atoms with E-state index in [9.17, 15) is 9.59 Å². The second-order valence-corrected chi connectivity index (χ2v) is 4.06. The molecule has 0 saturated carbocycles. The summed E-state index contributed by atoms with van der Waals surface area (Å²) < 4.78 is 4.54. The van der Waals surface area contributed by atoms with Crippen molar-refractivity contribution in [2.24, 2.45) is 5.10 Å². The number of aliphatic hydroxyl groups excluding tert-OH is 1. The number of ether oxygens (including phenoxy) is 1. The van der Waals surface area contributed by atoms with Crippen molar-refractivity contribution in [2.75, 3.05) is 18.7 Å². The number of anilines is 1. The molecule has 6 nitrogen and oxygen atoms in total. The number of carbonyl (C=O) groups excluding carboxylic acids is 2. The molecule has 1 aromatic rings. The minimum absolute atomic E-state index is 0.0505. The fraction of sp³-hybridized carbons (Fsp3) is 0.308. The lowest BCUT2D eigenvalue weighted by Crippen LogP contribution is -2.19. The van der Waals surface area contributed by atoms with E-state index in [4.69, 9.17) is 5.11 Å². The van der Waals surface area contributed by atoms with Crippen LogP contribution in [-0.4, -0.2) is 36.4 Å². The number of aliphatic hydroxyl groups is 1. The quantitative estimate of drug-likeness (QED) is 0.801. The van der Waals surface area contributed by atoms with Gasteiger partial charge >= 0.3 is 5.97 Å². The third kappa shape index (κ3) is 2.79. The highest BCUT2D eigenvalue weighted by Gasteiger charge is 2.29. The van der Waals surface area contributed by atoms with Crippen LogP contribution in [0.1, 0.15) is 12.0 Å².